The predicted molar refractivity (Wildman–Crippen MR) is 88.6 cm³/mol. The van der Waals surface area contributed by atoms with Gasteiger partial charge in [0, 0.05) is 35.1 Å². The second kappa shape index (κ2) is 7.36. The molecule has 0 radical (unpaired) electrons. The maximum Gasteiger partial charge on any atom is 0.228 e. The molecule has 5 heteroatoms. The van der Waals surface area contributed by atoms with E-state index in [-0.39, 0.29) is 18.1 Å². The molecule has 1 heterocycles. The Balaban J connectivity index is 1.92. The average Bonchev–Trinajstić information content (AvgIpc) is 2.51. The SMILES string of the molecule is CCC(C)N1C=CC(NC(=O)Cc2cc(Cl)ccc2O)=CC1. The molecule has 4 nitrogen and oxygen atoms in total. The van der Waals surface area contributed by atoms with E-state index < -0.39 is 0 Å². The first-order valence-electron chi connectivity index (χ1n) is 7.41. The molecule has 0 fully saturated rings. The summed E-state index contributed by atoms with van der Waals surface area (Å²) in [6.45, 7) is 5.10. The van der Waals surface area contributed by atoms with Crippen molar-refractivity contribution >= 4 is 17.5 Å². The van der Waals surface area contributed by atoms with E-state index in [0.29, 0.717) is 16.6 Å². The minimum atomic E-state index is -0.176. The quantitative estimate of drug-likeness (QED) is 0.876. The summed E-state index contributed by atoms with van der Waals surface area (Å²) >= 11 is 5.88. The zero-order valence-electron chi connectivity index (χ0n) is 12.8. The molecule has 1 atom stereocenters. The minimum Gasteiger partial charge on any atom is -0.508 e. The molecule has 0 saturated heterocycles. The molecule has 0 saturated carbocycles. The Labute approximate surface area is 136 Å². The highest BCUT2D eigenvalue weighted by atomic mass is 35.5. The van der Waals surface area contributed by atoms with Crippen molar-refractivity contribution in [2.24, 2.45) is 0 Å². The van der Waals surface area contributed by atoms with E-state index in [0.717, 1.165) is 18.7 Å². The third kappa shape index (κ3) is 4.28. The van der Waals surface area contributed by atoms with E-state index in [4.69, 9.17) is 11.6 Å². The van der Waals surface area contributed by atoms with Gasteiger partial charge in [-0.2, -0.15) is 0 Å². The van der Waals surface area contributed by atoms with Crippen LogP contribution in [0.2, 0.25) is 5.02 Å². The average molecular weight is 321 g/mol. The number of phenolic OH excluding ortho intramolecular Hbond substituents is 1. The number of amides is 1. The van der Waals surface area contributed by atoms with E-state index in [9.17, 15) is 9.90 Å². The Bertz CT molecular complexity index is 611. The van der Waals surface area contributed by atoms with Crippen LogP contribution in [0.25, 0.3) is 0 Å². The molecule has 2 N–H and O–H groups in total. The number of allylic oxidation sites excluding steroid dienone is 1. The largest absolute Gasteiger partial charge is 0.508 e. The van der Waals surface area contributed by atoms with Crippen LogP contribution < -0.4 is 5.32 Å². The standard InChI is InChI=1S/C17H21ClN2O2/c1-3-12(2)20-8-6-15(7-9-20)19-17(22)11-13-10-14(18)4-5-16(13)21/h4-8,10,12,21H,3,9,11H2,1-2H3,(H,19,22). The molecular formula is C17H21ClN2O2. The van der Waals surface area contributed by atoms with Gasteiger partial charge in [0.05, 0.1) is 6.42 Å². The van der Waals surface area contributed by atoms with Crippen LogP contribution >= 0.6 is 11.6 Å². The number of halogens is 1. The van der Waals surface area contributed by atoms with Gasteiger partial charge in [-0.15, -0.1) is 0 Å². The van der Waals surface area contributed by atoms with Gasteiger partial charge in [0.25, 0.3) is 0 Å². The topological polar surface area (TPSA) is 52.6 Å². The van der Waals surface area contributed by atoms with Gasteiger partial charge >= 0.3 is 0 Å². The predicted octanol–water partition coefficient (Wildman–Crippen LogP) is 3.22. The highest BCUT2D eigenvalue weighted by Gasteiger charge is 2.13. The third-order valence-corrected chi connectivity index (χ3v) is 4.04. The van der Waals surface area contributed by atoms with Crippen LogP contribution in [0, 0.1) is 0 Å². The van der Waals surface area contributed by atoms with Gasteiger partial charge in [-0.05, 0) is 43.7 Å². The van der Waals surface area contributed by atoms with Crippen LogP contribution in [-0.2, 0) is 11.2 Å². The van der Waals surface area contributed by atoms with Crippen molar-refractivity contribution in [2.75, 3.05) is 6.54 Å². The van der Waals surface area contributed by atoms with E-state index in [1.54, 1.807) is 12.1 Å². The number of hydrogen-bond acceptors (Lipinski definition) is 3. The number of nitrogens with zero attached hydrogens (tertiary/aromatic N) is 1. The normalized spacial score (nSPS) is 15.4. The van der Waals surface area contributed by atoms with Gasteiger partial charge in [0.2, 0.25) is 5.91 Å². The minimum absolute atomic E-state index is 0.0793. The van der Waals surface area contributed by atoms with E-state index in [1.807, 2.05) is 18.4 Å². The van der Waals surface area contributed by atoms with Crippen molar-refractivity contribution in [3.05, 3.63) is 52.8 Å². The summed E-state index contributed by atoms with van der Waals surface area (Å²) in [4.78, 5) is 14.3. The van der Waals surface area contributed by atoms with Gasteiger partial charge in [-0.1, -0.05) is 18.5 Å². The maximum absolute atomic E-state index is 12.1. The molecule has 118 valence electrons. The zero-order valence-corrected chi connectivity index (χ0v) is 13.6. The zero-order chi connectivity index (χ0) is 16.1. The Kier molecular flexibility index (Phi) is 5.50. The van der Waals surface area contributed by atoms with Crippen LogP contribution in [0.15, 0.2) is 42.2 Å². The summed E-state index contributed by atoms with van der Waals surface area (Å²) in [5.41, 5.74) is 1.30. The lowest BCUT2D eigenvalue weighted by molar-refractivity contribution is -0.119. The molecule has 1 aliphatic heterocycles. The van der Waals surface area contributed by atoms with Crippen molar-refractivity contribution < 1.29 is 9.90 Å². The molecule has 1 aromatic carbocycles. The molecule has 22 heavy (non-hydrogen) atoms. The molecule has 0 spiro atoms. The van der Waals surface area contributed by atoms with Crippen molar-refractivity contribution in [1.29, 1.82) is 0 Å². The molecule has 0 aromatic heterocycles. The van der Waals surface area contributed by atoms with Crippen molar-refractivity contribution in [1.82, 2.24) is 10.2 Å². The second-order valence-corrected chi connectivity index (χ2v) is 5.86. The van der Waals surface area contributed by atoms with Crippen molar-refractivity contribution in [3.8, 4) is 5.75 Å². The molecule has 1 aromatic rings. The molecule has 1 amide bonds. The van der Waals surface area contributed by atoms with Gasteiger partial charge in [-0.3, -0.25) is 4.79 Å². The van der Waals surface area contributed by atoms with E-state index >= 15 is 0 Å². The third-order valence-electron chi connectivity index (χ3n) is 3.80. The number of phenols is 1. The Morgan fingerprint density at radius 1 is 1.50 bits per heavy atom. The molecule has 1 unspecified atom stereocenters. The number of carbonyl (C=O) groups is 1. The monoisotopic (exact) mass is 320 g/mol. The van der Waals surface area contributed by atoms with Crippen LogP contribution in [0.5, 0.6) is 5.75 Å². The first kappa shape index (κ1) is 16.4. The van der Waals surface area contributed by atoms with E-state index in [2.05, 4.69) is 24.1 Å². The fourth-order valence-corrected chi connectivity index (χ4v) is 2.43. The van der Waals surface area contributed by atoms with Gasteiger partial charge in [0.15, 0.2) is 0 Å². The van der Waals surface area contributed by atoms with Crippen LogP contribution in [-0.4, -0.2) is 28.5 Å². The Morgan fingerprint density at radius 3 is 2.91 bits per heavy atom. The molecule has 1 aliphatic rings. The number of benzene rings is 1. The maximum atomic E-state index is 12.1. The lowest BCUT2D eigenvalue weighted by Gasteiger charge is -2.28. The first-order chi connectivity index (χ1) is 10.5. The van der Waals surface area contributed by atoms with Crippen molar-refractivity contribution in [3.63, 3.8) is 0 Å². The number of hydrogen-bond donors (Lipinski definition) is 2. The van der Waals surface area contributed by atoms with E-state index in [1.165, 1.54) is 6.07 Å². The fraction of sp³-hybridized carbons (Fsp3) is 0.353. The summed E-state index contributed by atoms with van der Waals surface area (Å²) in [7, 11) is 0. The molecule has 0 bridgehead atoms. The van der Waals surface area contributed by atoms with Crippen LogP contribution in [0.1, 0.15) is 25.8 Å². The lowest BCUT2D eigenvalue weighted by atomic mass is 10.1. The summed E-state index contributed by atoms with van der Waals surface area (Å²) in [5, 5.41) is 13.1. The summed E-state index contributed by atoms with van der Waals surface area (Å²) < 4.78 is 0. The highest BCUT2D eigenvalue weighted by molar-refractivity contribution is 6.30. The number of carbonyl (C=O) groups excluding carboxylic acids is 1. The Morgan fingerprint density at radius 2 is 2.27 bits per heavy atom. The summed E-state index contributed by atoms with van der Waals surface area (Å²) in [5.74, 6) is -0.0962. The summed E-state index contributed by atoms with van der Waals surface area (Å²) in [6.07, 6.45) is 7.05. The highest BCUT2D eigenvalue weighted by Crippen LogP contribution is 2.22. The number of aromatic hydroxyl groups is 1. The van der Waals surface area contributed by atoms with Gasteiger partial charge in [-0.25, -0.2) is 0 Å². The number of nitrogens with one attached hydrogen (secondary N) is 1. The smallest absolute Gasteiger partial charge is 0.228 e. The lowest BCUT2D eigenvalue weighted by Crippen LogP contribution is -2.32. The first-order valence-corrected chi connectivity index (χ1v) is 7.78. The second-order valence-electron chi connectivity index (χ2n) is 5.43. The molecular weight excluding hydrogens is 300 g/mol. The Hall–Kier alpha value is -1.94. The fourth-order valence-electron chi connectivity index (χ4n) is 2.24. The molecule has 0 aliphatic carbocycles. The van der Waals surface area contributed by atoms with Gasteiger partial charge < -0.3 is 15.3 Å². The van der Waals surface area contributed by atoms with Crippen LogP contribution in [0.3, 0.4) is 0 Å². The van der Waals surface area contributed by atoms with Crippen LogP contribution in [0.4, 0.5) is 0 Å². The molecule has 2 rings (SSSR count). The van der Waals surface area contributed by atoms with Gasteiger partial charge in [0.1, 0.15) is 5.75 Å². The number of rotatable bonds is 5. The van der Waals surface area contributed by atoms with Crippen molar-refractivity contribution in [2.45, 2.75) is 32.7 Å². The summed E-state index contributed by atoms with van der Waals surface area (Å²) in [6, 6.07) is 5.17.